The fourth-order valence-corrected chi connectivity index (χ4v) is 5.93. The number of rotatable bonds is 9. The minimum absolute atomic E-state index is 0.0536. The highest BCUT2D eigenvalue weighted by molar-refractivity contribution is 5.84. The molecule has 1 amide bonds. The third-order valence-electron chi connectivity index (χ3n) is 7.51. The molecule has 27 heavy (non-hydrogen) atoms. The van der Waals surface area contributed by atoms with E-state index in [1.165, 1.54) is 0 Å². The zero-order valence-corrected chi connectivity index (χ0v) is 16.5. The summed E-state index contributed by atoms with van der Waals surface area (Å²) in [5.74, 6) is 0.0148. The number of amides is 1. The van der Waals surface area contributed by atoms with Gasteiger partial charge in [0.15, 0.2) is 0 Å². The third-order valence-corrected chi connectivity index (χ3v) is 7.51. The highest BCUT2D eigenvalue weighted by atomic mass is 16.5. The van der Waals surface area contributed by atoms with E-state index >= 15 is 0 Å². The Kier molecular flexibility index (Phi) is 6.79. The largest absolute Gasteiger partial charge is 0.481 e. The molecule has 3 aliphatic carbocycles. The predicted molar refractivity (Wildman–Crippen MR) is 101 cm³/mol. The Balaban J connectivity index is 1.68. The first-order chi connectivity index (χ1) is 13.0. The Morgan fingerprint density at radius 3 is 2.59 bits per heavy atom. The van der Waals surface area contributed by atoms with Crippen LogP contribution in [0.15, 0.2) is 0 Å². The van der Waals surface area contributed by atoms with Crippen molar-refractivity contribution in [3.05, 3.63) is 0 Å². The molecule has 6 heteroatoms. The number of aliphatic hydroxyl groups is 1. The van der Waals surface area contributed by atoms with Crippen LogP contribution in [0.1, 0.15) is 64.2 Å². The highest BCUT2D eigenvalue weighted by Crippen LogP contribution is 2.48. The molecule has 5 atom stereocenters. The standard InChI is InChI=1S/C21H35NO5/c1-27-9-6-15(19(24)25)12-21(7-2-3-8-21)20(26)22-18-11-14-4-5-16(13-23)17(18)10-14/h14-18,23H,2-13H2,1H3,(H,22,26)(H,24,25). The summed E-state index contributed by atoms with van der Waals surface area (Å²) in [5.41, 5.74) is -0.553. The van der Waals surface area contributed by atoms with Crippen molar-refractivity contribution in [3.8, 4) is 0 Å². The molecule has 3 saturated carbocycles. The van der Waals surface area contributed by atoms with E-state index in [0.717, 1.165) is 51.4 Å². The average Bonchev–Trinajstić information content (AvgIpc) is 3.25. The summed E-state index contributed by atoms with van der Waals surface area (Å²) in [4.78, 5) is 25.1. The molecular formula is C21H35NO5. The molecule has 154 valence electrons. The highest BCUT2D eigenvalue weighted by Gasteiger charge is 2.48. The smallest absolute Gasteiger partial charge is 0.306 e. The molecule has 3 fully saturated rings. The number of hydrogen-bond acceptors (Lipinski definition) is 4. The van der Waals surface area contributed by atoms with Crippen molar-refractivity contribution in [2.24, 2.45) is 29.1 Å². The van der Waals surface area contributed by atoms with Gasteiger partial charge in [0.2, 0.25) is 5.91 Å². The van der Waals surface area contributed by atoms with Crippen LogP contribution in [-0.4, -0.2) is 48.5 Å². The van der Waals surface area contributed by atoms with Gasteiger partial charge in [-0.1, -0.05) is 12.8 Å². The molecule has 0 aliphatic heterocycles. The minimum Gasteiger partial charge on any atom is -0.481 e. The number of carboxylic acids is 1. The number of aliphatic hydroxyl groups excluding tert-OH is 1. The van der Waals surface area contributed by atoms with Crippen LogP contribution in [0.2, 0.25) is 0 Å². The summed E-state index contributed by atoms with van der Waals surface area (Å²) >= 11 is 0. The maximum absolute atomic E-state index is 13.3. The normalized spacial score (nSPS) is 33.0. The fourth-order valence-electron chi connectivity index (χ4n) is 5.93. The van der Waals surface area contributed by atoms with Gasteiger partial charge in [-0.25, -0.2) is 0 Å². The zero-order valence-electron chi connectivity index (χ0n) is 16.5. The molecule has 6 nitrogen and oxygen atoms in total. The molecule has 3 rings (SSSR count). The Hall–Kier alpha value is -1.14. The number of ether oxygens (including phenoxy) is 1. The predicted octanol–water partition coefficient (Wildman–Crippen LogP) is 2.59. The number of aliphatic carboxylic acids is 1. The first-order valence-electron chi connectivity index (χ1n) is 10.6. The van der Waals surface area contributed by atoms with Crippen LogP contribution < -0.4 is 5.32 Å². The number of carbonyl (C=O) groups excluding carboxylic acids is 1. The summed E-state index contributed by atoms with van der Waals surface area (Å²) in [5, 5.41) is 22.6. The van der Waals surface area contributed by atoms with Crippen LogP contribution >= 0.6 is 0 Å². The van der Waals surface area contributed by atoms with Gasteiger partial charge in [0.25, 0.3) is 0 Å². The monoisotopic (exact) mass is 381 g/mol. The number of carboxylic acid groups (broad SMARTS) is 1. The van der Waals surface area contributed by atoms with Crippen molar-refractivity contribution in [3.63, 3.8) is 0 Å². The van der Waals surface area contributed by atoms with Crippen LogP contribution in [0.4, 0.5) is 0 Å². The summed E-state index contributed by atoms with van der Waals surface area (Å²) in [6, 6.07) is 0.141. The van der Waals surface area contributed by atoms with Gasteiger partial charge in [-0.05, 0) is 69.1 Å². The Labute approximate surface area is 162 Å². The molecule has 0 aromatic rings. The zero-order chi connectivity index (χ0) is 19.4. The van der Waals surface area contributed by atoms with Crippen LogP contribution in [0.3, 0.4) is 0 Å². The van der Waals surface area contributed by atoms with Crippen molar-refractivity contribution in [1.82, 2.24) is 5.32 Å². The van der Waals surface area contributed by atoms with Crippen molar-refractivity contribution < 1.29 is 24.5 Å². The van der Waals surface area contributed by atoms with E-state index in [9.17, 15) is 19.8 Å². The van der Waals surface area contributed by atoms with Crippen molar-refractivity contribution in [1.29, 1.82) is 0 Å². The lowest BCUT2D eigenvalue weighted by Gasteiger charge is -2.34. The second-order valence-corrected chi connectivity index (χ2v) is 9.11. The molecule has 3 aliphatic rings. The van der Waals surface area contributed by atoms with Gasteiger partial charge < -0.3 is 20.3 Å². The second-order valence-electron chi connectivity index (χ2n) is 9.11. The topological polar surface area (TPSA) is 95.9 Å². The van der Waals surface area contributed by atoms with Crippen LogP contribution in [0.25, 0.3) is 0 Å². The lowest BCUT2D eigenvalue weighted by atomic mass is 9.75. The number of carbonyl (C=O) groups is 2. The summed E-state index contributed by atoms with van der Waals surface area (Å²) in [6.45, 7) is 0.603. The van der Waals surface area contributed by atoms with E-state index < -0.39 is 17.3 Å². The van der Waals surface area contributed by atoms with Crippen molar-refractivity contribution in [2.45, 2.75) is 70.3 Å². The van der Waals surface area contributed by atoms with Gasteiger partial charge in [0.1, 0.15) is 0 Å². The van der Waals surface area contributed by atoms with Gasteiger partial charge >= 0.3 is 5.97 Å². The maximum Gasteiger partial charge on any atom is 0.306 e. The van der Waals surface area contributed by atoms with Crippen LogP contribution in [-0.2, 0) is 14.3 Å². The van der Waals surface area contributed by atoms with Crippen LogP contribution in [0.5, 0.6) is 0 Å². The van der Waals surface area contributed by atoms with Crippen molar-refractivity contribution in [2.75, 3.05) is 20.3 Å². The van der Waals surface area contributed by atoms with Gasteiger partial charge in [-0.2, -0.15) is 0 Å². The summed E-state index contributed by atoms with van der Waals surface area (Å²) in [7, 11) is 1.58. The Morgan fingerprint density at radius 1 is 1.22 bits per heavy atom. The molecule has 5 unspecified atom stereocenters. The van der Waals surface area contributed by atoms with E-state index in [1.807, 2.05) is 0 Å². The molecule has 0 radical (unpaired) electrons. The molecule has 0 heterocycles. The van der Waals surface area contributed by atoms with Crippen LogP contribution in [0, 0.1) is 29.1 Å². The fraction of sp³-hybridized carbons (Fsp3) is 0.905. The molecule has 0 spiro atoms. The quantitative estimate of drug-likeness (QED) is 0.570. The van der Waals surface area contributed by atoms with Gasteiger partial charge in [-0.3, -0.25) is 9.59 Å². The van der Waals surface area contributed by atoms with Crippen molar-refractivity contribution >= 4 is 11.9 Å². The SMILES string of the molecule is COCCC(CC1(C(=O)NC2CC3CCC(CO)C2C3)CCCC1)C(=O)O. The van der Waals surface area contributed by atoms with E-state index in [1.54, 1.807) is 7.11 Å². The summed E-state index contributed by atoms with van der Waals surface area (Å²) < 4.78 is 5.07. The molecule has 3 N–H and O–H groups in total. The summed E-state index contributed by atoms with van der Waals surface area (Å²) in [6.07, 6.45) is 8.70. The lowest BCUT2D eigenvalue weighted by molar-refractivity contribution is -0.145. The number of methoxy groups -OCH3 is 1. The average molecular weight is 382 g/mol. The number of hydrogen-bond donors (Lipinski definition) is 3. The molecule has 2 bridgehead atoms. The van der Waals surface area contributed by atoms with E-state index in [4.69, 9.17) is 4.74 Å². The van der Waals surface area contributed by atoms with Gasteiger partial charge in [0.05, 0.1) is 11.3 Å². The lowest BCUT2D eigenvalue weighted by Crippen LogP contribution is -2.48. The van der Waals surface area contributed by atoms with E-state index in [0.29, 0.717) is 37.2 Å². The third kappa shape index (κ3) is 4.48. The van der Waals surface area contributed by atoms with E-state index in [2.05, 4.69) is 5.32 Å². The van der Waals surface area contributed by atoms with E-state index in [-0.39, 0.29) is 18.6 Å². The van der Waals surface area contributed by atoms with Gasteiger partial charge in [0, 0.05) is 26.4 Å². The first kappa shape index (κ1) is 20.6. The molecule has 0 aromatic carbocycles. The number of nitrogens with one attached hydrogen (secondary N) is 1. The maximum atomic E-state index is 13.3. The molecular weight excluding hydrogens is 346 g/mol. The number of fused-ring (bicyclic) bond motifs is 2. The molecule has 0 aromatic heterocycles. The first-order valence-corrected chi connectivity index (χ1v) is 10.6. The second kappa shape index (κ2) is 8.91. The Bertz CT molecular complexity index is 531. The molecule has 0 saturated heterocycles. The Morgan fingerprint density at radius 2 is 1.96 bits per heavy atom. The van der Waals surface area contributed by atoms with Gasteiger partial charge in [-0.15, -0.1) is 0 Å². The minimum atomic E-state index is -0.830.